The number of carbonyl (C=O) groups is 1. The first-order valence-corrected chi connectivity index (χ1v) is 11.7. The van der Waals surface area contributed by atoms with Gasteiger partial charge in [0, 0.05) is 30.1 Å². The second kappa shape index (κ2) is 10.4. The Hall–Kier alpha value is -4.12. The minimum Gasteiger partial charge on any atom is -0.323 e. The highest BCUT2D eigenvalue weighted by Crippen LogP contribution is 2.32. The van der Waals surface area contributed by atoms with Crippen LogP contribution in [0, 0.1) is 15.9 Å². The Morgan fingerprint density at radius 1 is 1.17 bits per heavy atom. The molecule has 178 valence electrons. The van der Waals surface area contributed by atoms with E-state index in [1.165, 1.54) is 0 Å². The van der Waals surface area contributed by atoms with Crippen molar-refractivity contribution in [1.82, 2.24) is 19.7 Å². The van der Waals surface area contributed by atoms with Crippen LogP contribution in [0.1, 0.15) is 25.3 Å². The predicted octanol–water partition coefficient (Wildman–Crippen LogP) is 5.23. The van der Waals surface area contributed by atoms with Gasteiger partial charge < -0.3 is 5.32 Å². The number of hydrogen-bond donors (Lipinski definition) is 1. The quantitative estimate of drug-likeness (QED) is 0.203. The molecule has 0 fully saturated rings. The lowest BCUT2D eigenvalue weighted by Gasteiger charge is -2.16. The summed E-state index contributed by atoms with van der Waals surface area (Å²) in [5, 5.41) is 22.5. The molecular formula is C24H21FN6O3S. The molecule has 0 aliphatic carbocycles. The molecule has 4 aromatic rings. The highest BCUT2D eigenvalue weighted by atomic mass is 32.2. The molecule has 0 aliphatic heterocycles. The van der Waals surface area contributed by atoms with E-state index in [-0.39, 0.29) is 23.0 Å². The number of aromatic nitrogens is 4. The Morgan fingerprint density at radius 2 is 1.97 bits per heavy atom. The van der Waals surface area contributed by atoms with Crippen LogP contribution >= 0.6 is 11.8 Å². The van der Waals surface area contributed by atoms with E-state index in [0.29, 0.717) is 11.0 Å². The molecule has 11 heteroatoms. The molecule has 4 rings (SSSR count). The van der Waals surface area contributed by atoms with Gasteiger partial charge in [-0.05, 0) is 35.7 Å². The van der Waals surface area contributed by atoms with E-state index in [1.54, 1.807) is 18.5 Å². The number of rotatable bonds is 8. The van der Waals surface area contributed by atoms with E-state index < -0.39 is 16.6 Å². The van der Waals surface area contributed by atoms with Crippen molar-refractivity contribution in [1.29, 1.82) is 0 Å². The van der Waals surface area contributed by atoms with Gasteiger partial charge in [0.05, 0.1) is 22.1 Å². The Morgan fingerprint density at radius 3 is 2.69 bits per heavy atom. The minimum absolute atomic E-state index is 0.114. The van der Waals surface area contributed by atoms with Crippen molar-refractivity contribution in [3.8, 4) is 17.1 Å². The number of pyridine rings is 1. The van der Waals surface area contributed by atoms with E-state index >= 15 is 0 Å². The van der Waals surface area contributed by atoms with Gasteiger partial charge in [-0.1, -0.05) is 43.8 Å². The smallest absolute Gasteiger partial charge is 0.271 e. The number of nitro benzene ring substituents is 1. The topological polar surface area (TPSA) is 116 Å². The standard InChI is InChI=1S/C24H21FN6O3S/c1-15(2)18-7-3-4-8-21(18)30-23(16-6-5-11-26-13-16)28-29-24(30)35-14-22(32)27-20-12-17(31(33)34)9-10-19(20)25/h3-13,15H,14H2,1-2H3,(H,27,32). The molecule has 0 unspecified atom stereocenters. The zero-order chi connectivity index (χ0) is 24.9. The van der Waals surface area contributed by atoms with Crippen LogP contribution in [0.4, 0.5) is 15.8 Å². The number of nitrogens with zero attached hydrogens (tertiary/aromatic N) is 5. The first-order chi connectivity index (χ1) is 16.8. The number of thioether (sulfide) groups is 1. The summed E-state index contributed by atoms with van der Waals surface area (Å²) < 4.78 is 15.9. The monoisotopic (exact) mass is 492 g/mol. The molecule has 0 saturated carbocycles. The molecule has 0 aliphatic rings. The fraction of sp³-hybridized carbons (Fsp3) is 0.167. The lowest BCUT2D eigenvalue weighted by Crippen LogP contribution is -2.16. The molecule has 1 amide bonds. The highest BCUT2D eigenvalue weighted by Gasteiger charge is 2.21. The van der Waals surface area contributed by atoms with Crippen LogP contribution in [0.3, 0.4) is 0 Å². The zero-order valence-electron chi connectivity index (χ0n) is 18.9. The summed E-state index contributed by atoms with van der Waals surface area (Å²) in [4.78, 5) is 27.1. The van der Waals surface area contributed by atoms with Gasteiger partial charge in [-0.2, -0.15) is 0 Å². The highest BCUT2D eigenvalue weighted by molar-refractivity contribution is 7.99. The van der Waals surface area contributed by atoms with Crippen molar-refractivity contribution in [3.63, 3.8) is 0 Å². The van der Waals surface area contributed by atoms with Crippen LogP contribution in [0.5, 0.6) is 0 Å². The van der Waals surface area contributed by atoms with Crippen molar-refractivity contribution in [2.45, 2.75) is 24.9 Å². The average Bonchev–Trinajstić information content (AvgIpc) is 3.28. The number of non-ortho nitro benzene ring substituents is 1. The molecule has 2 aromatic heterocycles. The number of halogens is 1. The maximum absolute atomic E-state index is 14.1. The molecule has 0 saturated heterocycles. The van der Waals surface area contributed by atoms with Crippen molar-refractivity contribution >= 4 is 29.0 Å². The molecule has 9 nitrogen and oxygen atoms in total. The molecule has 2 heterocycles. The third-order valence-electron chi connectivity index (χ3n) is 5.12. The number of hydrogen-bond acceptors (Lipinski definition) is 7. The van der Waals surface area contributed by atoms with Gasteiger partial charge >= 0.3 is 0 Å². The van der Waals surface area contributed by atoms with E-state index in [4.69, 9.17) is 0 Å². The summed E-state index contributed by atoms with van der Waals surface area (Å²) in [6.45, 7) is 4.17. The minimum atomic E-state index is -0.762. The summed E-state index contributed by atoms with van der Waals surface area (Å²) in [7, 11) is 0. The third-order valence-corrected chi connectivity index (χ3v) is 6.05. The molecule has 0 radical (unpaired) electrons. The Kier molecular flexibility index (Phi) is 7.16. The summed E-state index contributed by atoms with van der Waals surface area (Å²) in [5.41, 5.74) is 2.13. The fourth-order valence-electron chi connectivity index (χ4n) is 3.48. The van der Waals surface area contributed by atoms with Crippen molar-refractivity contribution < 1.29 is 14.1 Å². The number of amides is 1. The average molecular weight is 493 g/mol. The van der Waals surface area contributed by atoms with Crippen molar-refractivity contribution in [2.24, 2.45) is 0 Å². The molecular weight excluding hydrogens is 471 g/mol. The number of anilines is 1. The summed E-state index contributed by atoms with van der Waals surface area (Å²) in [5.74, 6) is -0.630. The number of para-hydroxylation sites is 1. The van der Waals surface area contributed by atoms with Gasteiger partial charge in [0.25, 0.3) is 5.69 Å². The molecule has 0 bridgehead atoms. The van der Waals surface area contributed by atoms with Gasteiger partial charge in [0.1, 0.15) is 5.82 Å². The van der Waals surface area contributed by atoms with Gasteiger partial charge in [-0.15, -0.1) is 10.2 Å². The zero-order valence-corrected chi connectivity index (χ0v) is 19.7. The lowest BCUT2D eigenvalue weighted by molar-refractivity contribution is -0.384. The van der Waals surface area contributed by atoms with E-state index in [1.807, 2.05) is 34.9 Å². The van der Waals surface area contributed by atoms with Crippen LogP contribution in [-0.2, 0) is 4.79 Å². The fourth-order valence-corrected chi connectivity index (χ4v) is 4.23. The number of benzene rings is 2. The Labute approximate surface area is 204 Å². The molecule has 1 N–H and O–H groups in total. The van der Waals surface area contributed by atoms with Crippen molar-refractivity contribution in [3.05, 3.63) is 88.5 Å². The second-order valence-electron chi connectivity index (χ2n) is 7.85. The van der Waals surface area contributed by atoms with Crippen LogP contribution in [0.2, 0.25) is 0 Å². The maximum Gasteiger partial charge on any atom is 0.271 e. The lowest BCUT2D eigenvalue weighted by atomic mass is 10.0. The van der Waals surface area contributed by atoms with Crippen molar-refractivity contribution in [2.75, 3.05) is 11.1 Å². The van der Waals surface area contributed by atoms with Gasteiger partial charge in [-0.3, -0.25) is 24.5 Å². The van der Waals surface area contributed by atoms with Crippen LogP contribution in [-0.4, -0.2) is 36.3 Å². The maximum atomic E-state index is 14.1. The molecule has 0 atom stereocenters. The van der Waals surface area contributed by atoms with E-state index in [2.05, 4.69) is 34.3 Å². The second-order valence-corrected chi connectivity index (χ2v) is 8.80. The molecule has 2 aromatic carbocycles. The number of nitro groups is 1. The molecule has 0 spiro atoms. The summed E-state index contributed by atoms with van der Waals surface area (Å²) >= 11 is 1.12. The van der Waals surface area contributed by atoms with Crippen LogP contribution < -0.4 is 5.32 Å². The van der Waals surface area contributed by atoms with Crippen LogP contribution in [0.15, 0.2) is 72.1 Å². The largest absolute Gasteiger partial charge is 0.323 e. The third kappa shape index (κ3) is 5.35. The first kappa shape index (κ1) is 24.0. The van der Waals surface area contributed by atoms with E-state index in [9.17, 15) is 19.3 Å². The van der Waals surface area contributed by atoms with Crippen LogP contribution in [0.25, 0.3) is 17.1 Å². The van der Waals surface area contributed by atoms with Gasteiger partial charge in [0.2, 0.25) is 5.91 Å². The predicted molar refractivity (Wildman–Crippen MR) is 131 cm³/mol. The normalized spacial score (nSPS) is 11.0. The van der Waals surface area contributed by atoms with Gasteiger partial charge in [-0.25, -0.2) is 4.39 Å². The first-order valence-electron chi connectivity index (χ1n) is 10.7. The SMILES string of the molecule is CC(C)c1ccccc1-n1c(SCC(=O)Nc2cc([N+](=O)[O-])ccc2F)nnc1-c1cccnc1. The summed E-state index contributed by atoms with van der Waals surface area (Å²) in [6.07, 6.45) is 3.35. The van der Waals surface area contributed by atoms with Gasteiger partial charge in [0.15, 0.2) is 11.0 Å². The number of nitrogens with one attached hydrogen (secondary N) is 1. The number of carbonyl (C=O) groups excluding carboxylic acids is 1. The Bertz CT molecular complexity index is 1380. The molecule has 35 heavy (non-hydrogen) atoms. The van der Waals surface area contributed by atoms with E-state index in [0.717, 1.165) is 46.8 Å². The summed E-state index contributed by atoms with van der Waals surface area (Å²) in [6, 6.07) is 14.5. The Balaban J connectivity index is 1.64.